The molecule has 96 valence electrons. The molecule has 2 aromatic heterocycles. The molecular weight excluding hydrogens is 280 g/mol. The first kappa shape index (κ1) is 12.7. The normalized spacial score (nSPS) is 11.9. The van der Waals surface area contributed by atoms with Crippen molar-refractivity contribution in [2.45, 2.75) is 12.1 Å². The van der Waals surface area contributed by atoms with E-state index in [-0.39, 0.29) is 20.7 Å². The number of hydrogen-bond donors (Lipinski definition) is 2. The molecule has 0 fully saturated rings. The van der Waals surface area contributed by atoms with Gasteiger partial charge in [-0.15, -0.1) is 11.3 Å². The molecule has 0 saturated heterocycles. The van der Waals surface area contributed by atoms with Crippen molar-refractivity contribution in [3.05, 3.63) is 20.8 Å². The average molecular weight is 288 g/mol. The van der Waals surface area contributed by atoms with Crippen molar-refractivity contribution in [3.8, 4) is 0 Å². The lowest BCUT2D eigenvalue weighted by atomic mass is 10.2. The maximum atomic E-state index is 11.8. The topological polar surface area (TPSA) is 117 Å². The quantitative estimate of drug-likeness (QED) is 0.772. The minimum Gasteiger partial charge on any atom is -0.477 e. The highest BCUT2D eigenvalue weighted by molar-refractivity contribution is 7.90. The maximum absolute atomic E-state index is 11.8. The van der Waals surface area contributed by atoms with Crippen LogP contribution in [0.2, 0.25) is 0 Å². The summed E-state index contributed by atoms with van der Waals surface area (Å²) in [4.78, 5) is 28.7. The van der Waals surface area contributed by atoms with Gasteiger partial charge in [0.15, 0.2) is 0 Å². The fourth-order valence-electron chi connectivity index (χ4n) is 1.50. The number of aromatic amines is 1. The van der Waals surface area contributed by atoms with Crippen LogP contribution in [0.5, 0.6) is 0 Å². The van der Waals surface area contributed by atoms with Crippen molar-refractivity contribution in [2.75, 3.05) is 6.26 Å². The lowest BCUT2D eigenvalue weighted by Crippen LogP contribution is -2.14. The zero-order valence-corrected chi connectivity index (χ0v) is 11.0. The number of fused-ring (bicyclic) bond motifs is 1. The van der Waals surface area contributed by atoms with Gasteiger partial charge < -0.3 is 5.11 Å². The number of carboxylic acid groups (broad SMARTS) is 1. The summed E-state index contributed by atoms with van der Waals surface area (Å²) in [6, 6.07) is 0. The summed E-state index contributed by atoms with van der Waals surface area (Å²) in [6.07, 6.45) is 0.912. The van der Waals surface area contributed by atoms with Crippen molar-refractivity contribution in [3.63, 3.8) is 0 Å². The number of sulfone groups is 1. The third-order valence-corrected chi connectivity index (χ3v) is 4.39. The van der Waals surface area contributed by atoms with Crippen LogP contribution < -0.4 is 5.56 Å². The molecule has 0 saturated carbocycles. The fraction of sp³-hybridized carbons (Fsp3) is 0.222. The lowest BCUT2D eigenvalue weighted by Gasteiger charge is -1.97. The summed E-state index contributed by atoms with van der Waals surface area (Å²) in [7, 11) is -3.65. The molecule has 2 aromatic rings. The zero-order chi connectivity index (χ0) is 13.7. The maximum Gasteiger partial charge on any atom is 0.346 e. The third kappa shape index (κ3) is 1.91. The number of carbonyl (C=O) groups is 1. The van der Waals surface area contributed by atoms with E-state index in [2.05, 4.69) is 9.97 Å². The van der Waals surface area contributed by atoms with Gasteiger partial charge in [0, 0.05) is 6.26 Å². The number of thiophene rings is 1. The van der Waals surface area contributed by atoms with E-state index >= 15 is 0 Å². The van der Waals surface area contributed by atoms with Crippen LogP contribution >= 0.6 is 11.3 Å². The van der Waals surface area contributed by atoms with E-state index in [1.165, 1.54) is 6.92 Å². The smallest absolute Gasteiger partial charge is 0.346 e. The molecule has 0 aliphatic carbocycles. The van der Waals surface area contributed by atoms with E-state index < -0.39 is 26.5 Å². The molecule has 7 nitrogen and oxygen atoms in total. The van der Waals surface area contributed by atoms with Crippen LogP contribution in [-0.2, 0) is 9.84 Å². The highest BCUT2D eigenvalue weighted by atomic mass is 32.2. The number of aromatic nitrogens is 2. The minimum absolute atomic E-state index is 0.0198. The van der Waals surface area contributed by atoms with E-state index in [1.54, 1.807) is 0 Å². The molecule has 2 rings (SSSR count). The molecule has 0 aliphatic heterocycles. The van der Waals surface area contributed by atoms with Gasteiger partial charge in [-0.05, 0) is 12.5 Å². The number of rotatable bonds is 2. The summed E-state index contributed by atoms with van der Waals surface area (Å²) in [5.74, 6) is -1.17. The van der Waals surface area contributed by atoms with E-state index in [0.29, 0.717) is 0 Å². The van der Waals surface area contributed by atoms with E-state index in [9.17, 15) is 18.0 Å². The molecule has 0 spiro atoms. The van der Waals surface area contributed by atoms with Crippen LogP contribution in [-0.4, -0.2) is 35.7 Å². The van der Waals surface area contributed by atoms with Crippen molar-refractivity contribution in [1.82, 2.24) is 9.97 Å². The van der Waals surface area contributed by atoms with E-state index in [1.807, 2.05) is 0 Å². The number of aromatic carboxylic acids is 1. The van der Waals surface area contributed by atoms with Crippen LogP contribution in [0.4, 0.5) is 0 Å². The summed E-state index contributed by atoms with van der Waals surface area (Å²) in [6.45, 7) is 1.49. The number of H-pyrrole nitrogens is 1. The minimum atomic E-state index is -3.65. The number of hydrogen-bond acceptors (Lipinski definition) is 6. The van der Waals surface area contributed by atoms with Gasteiger partial charge in [0.1, 0.15) is 9.71 Å². The predicted octanol–water partition coefficient (Wildman–Crippen LogP) is 0.395. The summed E-state index contributed by atoms with van der Waals surface area (Å²) in [5, 5.41) is 8.59. The Bertz CT molecular complexity index is 815. The Balaban J connectivity index is 2.92. The Hall–Kier alpha value is -1.74. The second kappa shape index (κ2) is 3.89. The van der Waals surface area contributed by atoms with E-state index in [4.69, 9.17) is 5.11 Å². The largest absolute Gasteiger partial charge is 0.477 e. The van der Waals surface area contributed by atoms with Gasteiger partial charge >= 0.3 is 5.97 Å². The van der Waals surface area contributed by atoms with Crippen LogP contribution in [0.1, 0.15) is 15.2 Å². The SMILES string of the molecule is Cc1c(C(=O)O)sc2nc(S(C)(=O)=O)[nH]c(=O)c12. The molecular formula is C9H8N2O5S2. The molecule has 18 heavy (non-hydrogen) atoms. The van der Waals surface area contributed by atoms with Crippen LogP contribution in [0.25, 0.3) is 10.2 Å². The standard InChI is InChI=1S/C9H8N2O5S2/c1-3-4-6(12)10-9(18(2,15)16)11-7(4)17-5(3)8(13)14/h1-2H3,(H,13,14)(H,10,11,12). The first-order chi connectivity index (χ1) is 8.21. The number of carboxylic acids is 1. The van der Waals surface area contributed by atoms with Gasteiger partial charge in [0.25, 0.3) is 5.56 Å². The molecule has 0 atom stereocenters. The second-order valence-electron chi connectivity index (χ2n) is 3.68. The Labute approximate surface area is 105 Å². The van der Waals surface area contributed by atoms with Crippen LogP contribution in [0, 0.1) is 6.92 Å². The molecule has 0 radical (unpaired) electrons. The lowest BCUT2D eigenvalue weighted by molar-refractivity contribution is 0.0701. The molecule has 9 heteroatoms. The Morgan fingerprint density at radius 3 is 2.56 bits per heavy atom. The van der Waals surface area contributed by atoms with Gasteiger partial charge in [-0.3, -0.25) is 9.78 Å². The first-order valence-electron chi connectivity index (χ1n) is 4.68. The molecule has 2 heterocycles. The fourth-order valence-corrected chi connectivity index (χ4v) is 3.12. The van der Waals surface area contributed by atoms with Crippen LogP contribution in [0.15, 0.2) is 9.95 Å². The van der Waals surface area contributed by atoms with Gasteiger partial charge in [-0.2, -0.15) is 0 Å². The van der Waals surface area contributed by atoms with Gasteiger partial charge in [0.05, 0.1) is 5.39 Å². The van der Waals surface area contributed by atoms with Crippen molar-refractivity contribution < 1.29 is 18.3 Å². The van der Waals surface area contributed by atoms with Gasteiger partial charge in [-0.1, -0.05) is 0 Å². The predicted molar refractivity (Wildman–Crippen MR) is 65.0 cm³/mol. The zero-order valence-electron chi connectivity index (χ0n) is 9.34. The number of nitrogens with one attached hydrogen (secondary N) is 1. The Kier molecular flexibility index (Phi) is 2.74. The number of nitrogens with zero attached hydrogens (tertiary/aromatic N) is 1. The Morgan fingerprint density at radius 2 is 2.06 bits per heavy atom. The molecule has 0 unspecified atom stereocenters. The van der Waals surface area contributed by atoms with E-state index in [0.717, 1.165) is 17.6 Å². The summed E-state index contributed by atoms with van der Waals surface area (Å²) in [5.41, 5.74) is -0.363. The summed E-state index contributed by atoms with van der Waals surface area (Å²) >= 11 is 0.781. The van der Waals surface area contributed by atoms with Gasteiger partial charge in [-0.25, -0.2) is 18.2 Å². The van der Waals surface area contributed by atoms with Crippen molar-refractivity contribution in [1.29, 1.82) is 0 Å². The molecule has 0 aromatic carbocycles. The highest BCUT2D eigenvalue weighted by Gasteiger charge is 2.20. The average Bonchev–Trinajstić information content (AvgIpc) is 2.55. The van der Waals surface area contributed by atoms with Crippen LogP contribution in [0.3, 0.4) is 0 Å². The highest BCUT2D eigenvalue weighted by Crippen LogP contribution is 2.27. The summed E-state index contributed by atoms with van der Waals surface area (Å²) < 4.78 is 22.6. The van der Waals surface area contributed by atoms with Crippen molar-refractivity contribution >= 4 is 37.4 Å². The third-order valence-electron chi connectivity index (χ3n) is 2.32. The van der Waals surface area contributed by atoms with Gasteiger partial charge in [0.2, 0.25) is 15.0 Å². The first-order valence-corrected chi connectivity index (χ1v) is 7.39. The molecule has 2 N–H and O–H groups in total. The molecule has 0 amide bonds. The second-order valence-corrected chi connectivity index (χ2v) is 6.61. The van der Waals surface area contributed by atoms with Crippen molar-refractivity contribution in [2.24, 2.45) is 0 Å². The number of aryl methyl sites for hydroxylation is 1. The molecule has 0 aliphatic rings. The molecule has 0 bridgehead atoms. The monoisotopic (exact) mass is 288 g/mol. The Morgan fingerprint density at radius 1 is 1.44 bits per heavy atom.